The Kier molecular flexibility index (Phi) is 3.00. The Morgan fingerprint density at radius 3 is 2.21 bits per heavy atom. The molecule has 1 N–H and O–H groups in total. The minimum Gasteiger partial charge on any atom is -0.444 e. The first kappa shape index (κ1) is 11.2. The molecule has 3 heteroatoms. The molecule has 3 nitrogen and oxygen atoms in total. The van der Waals surface area contributed by atoms with Crippen LogP contribution < -0.4 is 5.32 Å². The SMILES string of the molecule is Cc1nc(C(C)(C)NC(C)C)oc1C. The molecule has 0 amide bonds. The largest absolute Gasteiger partial charge is 0.444 e. The van der Waals surface area contributed by atoms with E-state index in [-0.39, 0.29) is 5.54 Å². The van der Waals surface area contributed by atoms with E-state index in [2.05, 4.69) is 38.0 Å². The highest BCUT2D eigenvalue weighted by molar-refractivity contribution is 5.10. The number of oxazole rings is 1. The predicted molar refractivity (Wildman–Crippen MR) is 57.3 cm³/mol. The molecule has 0 saturated heterocycles. The fraction of sp³-hybridized carbons (Fsp3) is 0.727. The highest BCUT2D eigenvalue weighted by Crippen LogP contribution is 2.22. The summed E-state index contributed by atoms with van der Waals surface area (Å²) in [6.45, 7) is 12.3. The Balaban J connectivity index is 2.91. The predicted octanol–water partition coefficient (Wildman–Crippen LogP) is 2.52. The summed E-state index contributed by atoms with van der Waals surface area (Å²) in [5, 5.41) is 3.42. The van der Waals surface area contributed by atoms with Crippen molar-refractivity contribution >= 4 is 0 Å². The molecule has 1 rings (SSSR count). The van der Waals surface area contributed by atoms with Crippen molar-refractivity contribution in [3.8, 4) is 0 Å². The van der Waals surface area contributed by atoms with E-state index in [0.29, 0.717) is 6.04 Å². The molecular formula is C11H20N2O. The normalized spacial score (nSPS) is 12.5. The Labute approximate surface area is 85.9 Å². The molecule has 80 valence electrons. The molecule has 1 aromatic rings. The molecule has 0 aliphatic heterocycles. The third kappa shape index (κ3) is 2.35. The molecule has 14 heavy (non-hydrogen) atoms. The monoisotopic (exact) mass is 196 g/mol. The maximum Gasteiger partial charge on any atom is 0.214 e. The van der Waals surface area contributed by atoms with Crippen molar-refractivity contribution in [2.45, 2.75) is 53.1 Å². The summed E-state index contributed by atoms with van der Waals surface area (Å²) in [7, 11) is 0. The lowest BCUT2D eigenvalue weighted by Crippen LogP contribution is -2.41. The van der Waals surface area contributed by atoms with Gasteiger partial charge in [-0.25, -0.2) is 4.98 Å². The van der Waals surface area contributed by atoms with Gasteiger partial charge in [-0.2, -0.15) is 0 Å². The van der Waals surface area contributed by atoms with E-state index in [1.54, 1.807) is 0 Å². The topological polar surface area (TPSA) is 38.1 Å². The van der Waals surface area contributed by atoms with Gasteiger partial charge in [-0.15, -0.1) is 0 Å². The molecule has 0 atom stereocenters. The first-order chi connectivity index (χ1) is 6.33. The van der Waals surface area contributed by atoms with Gasteiger partial charge in [-0.3, -0.25) is 0 Å². The number of aryl methyl sites for hydroxylation is 2. The van der Waals surface area contributed by atoms with Crippen molar-refractivity contribution < 1.29 is 4.42 Å². The van der Waals surface area contributed by atoms with Crippen molar-refractivity contribution in [1.29, 1.82) is 0 Å². The molecule has 0 aliphatic carbocycles. The summed E-state index contributed by atoms with van der Waals surface area (Å²) in [6.07, 6.45) is 0. The van der Waals surface area contributed by atoms with E-state index in [0.717, 1.165) is 17.3 Å². The smallest absolute Gasteiger partial charge is 0.214 e. The van der Waals surface area contributed by atoms with Crippen LogP contribution in [0.5, 0.6) is 0 Å². The van der Waals surface area contributed by atoms with Crippen LogP contribution in [0.1, 0.15) is 45.0 Å². The lowest BCUT2D eigenvalue weighted by atomic mass is 10.0. The second-order valence-electron chi connectivity index (χ2n) is 4.58. The average molecular weight is 196 g/mol. The fourth-order valence-corrected chi connectivity index (χ4v) is 1.52. The van der Waals surface area contributed by atoms with Crippen LogP contribution in [0.25, 0.3) is 0 Å². The summed E-state index contributed by atoms with van der Waals surface area (Å²) in [5.41, 5.74) is 0.770. The Hall–Kier alpha value is -0.830. The van der Waals surface area contributed by atoms with E-state index >= 15 is 0 Å². The molecule has 0 fully saturated rings. The van der Waals surface area contributed by atoms with Crippen LogP contribution in [0.15, 0.2) is 4.42 Å². The molecule has 0 saturated carbocycles. The van der Waals surface area contributed by atoms with Gasteiger partial charge in [0.25, 0.3) is 0 Å². The van der Waals surface area contributed by atoms with Gasteiger partial charge in [0, 0.05) is 6.04 Å². The number of nitrogens with zero attached hydrogens (tertiary/aromatic N) is 1. The molecule has 0 unspecified atom stereocenters. The number of rotatable bonds is 3. The number of nitrogens with one attached hydrogen (secondary N) is 1. The van der Waals surface area contributed by atoms with Gasteiger partial charge < -0.3 is 9.73 Å². The van der Waals surface area contributed by atoms with Crippen LogP contribution in [0.2, 0.25) is 0 Å². The van der Waals surface area contributed by atoms with Crippen LogP contribution in [-0.2, 0) is 5.54 Å². The third-order valence-electron chi connectivity index (χ3n) is 2.21. The van der Waals surface area contributed by atoms with Crippen LogP contribution in [0.3, 0.4) is 0 Å². The van der Waals surface area contributed by atoms with Gasteiger partial charge in [0.15, 0.2) is 0 Å². The van der Waals surface area contributed by atoms with E-state index in [1.807, 2.05) is 13.8 Å². The molecule has 0 aromatic carbocycles. The van der Waals surface area contributed by atoms with Crippen LogP contribution in [0, 0.1) is 13.8 Å². The molecule has 0 radical (unpaired) electrons. The summed E-state index contributed by atoms with van der Waals surface area (Å²) in [5.74, 6) is 1.67. The second-order valence-corrected chi connectivity index (χ2v) is 4.58. The van der Waals surface area contributed by atoms with Crippen molar-refractivity contribution in [2.24, 2.45) is 0 Å². The van der Waals surface area contributed by atoms with Gasteiger partial charge in [0.1, 0.15) is 5.76 Å². The molecule has 1 heterocycles. The zero-order valence-corrected chi connectivity index (χ0v) is 9.93. The van der Waals surface area contributed by atoms with Crippen LogP contribution >= 0.6 is 0 Å². The Morgan fingerprint density at radius 1 is 1.29 bits per heavy atom. The second kappa shape index (κ2) is 3.73. The molecule has 0 spiro atoms. The Bertz CT molecular complexity index is 294. The van der Waals surface area contributed by atoms with Crippen molar-refractivity contribution in [2.75, 3.05) is 0 Å². The maximum absolute atomic E-state index is 5.61. The van der Waals surface area contributed by atoms with Crippen molar-refractivity contribution in [3.63, 3.8) is 0 Å². The van der Waals surface area contributed by atoms with E-state index < -0.39 is 0 Å². The first-order valence-electron chi connectivity index (χ1n) is 5.05. The highest BCUT2D eigenvalue weighted by Gasteiger charge is 2.27. The van der Waals surface area contributed by atoms with Gasteiger partial charge in [0.2, 0.25) is 5.89 Å². The maximum atomic E-state index is 5.61. The van der Waals surface area contributed by atoms with Crippen LogP contribution in [-0.4, -0.2) is 11.0 Å². The molecular weight excluding hydrogens is 176 g/mol. The minimum absolute atomic E-state index is 0.201. The average Bonchev–Trinajstić information content (AvgIpc) is 2.30. The quantitative estimate of drug-likeness (QED) is 0.807. The summed E-state index contributed by atoms with van der Waals surface area (Å²) >= 11 is 0. The fourth-order valence-electron chi connectivity index (χ4n) is 1.52. The molecule has 1 aromatic heterocycles. The van der Waals surface area contributed by atoms with Gasteiger partial charge in [-0.05, 0) is 41.5 Å². The number of aromatic nitrogens is 1. The highest BCUT2D eigenvalue weighted by atomic mass is 16.4. The zero-order valence-electron chi connectivity index (χ0n) is 9.93. The van der Waals surface area contributed by atoms with E-state index in [9.17, 15) is 0 Å². The lowest BCUT2D eigenvalue weighted by molar-refractivity contribution is 0.282. The molecule has 0 aliphatic rings. The van der Waals surface area contributed by atoms with Gasteiger partial charge >= 0.3 is 0 Å². The van der Waals surface area contributed by atoms with Gasteiger partial charge in [0.05, 0.1) is 11.2 Å². The van der Waals surface area contributed by atoms with E-state index in [1.165, 1.54) is 0 Å². The van der Waals surface area contributed by atoms with Crippen LogP contribution in [0.4, 0.5) is 0 Å². The lowest BCUT2D eigenvalue weighted by Gasteiger charge is -2.25. The summed E-state index contributed by atoms with van der Waals surface area (Å²) < 4.78 is 5.61. The Morgan fingerprint density at radius 2 is 1.86 bits per heavy atom. The molecule has 0 bridgehead atoms. The summed E-state index contributed by atoms with van der Waals surface area (Å²) in [4.78, 5) is 4.41. The van der Waals surface area contributed by atoms with Crippen molar-refractivity contribution in [3.05, 3.63) is 17.3 Å². The third-order valence-corrected chi connectivity index (χ3v) is 2.21. The number of hydrogen-bond acceptors (Lipinski definition) is 3. The summed E-state index contributed by atoms with van der Waals surface area (Å²) in [6, 6.07) is 0.414. The van der Waals surface area contributed by atoms with Crippen molar-refractivity contribution in [1.82, 2.24) is 10.3 Å². The first-order valence-corrected chi connectivity index (χ1v) is 5.05. The van der Waals surface area contributed by atoms with E-state index in [4.69, 9.17) is 4.42 Å². The number of hydrogen-bond donors (Lipinski definition) is 1. The standard InChI is InChI=1S/C11H20N2O/c1-7(2)13-11(5,6)10-12-8(3)9(4)14-10/h7,13H,1-6H3. The minimum atomic E-state index is -0.201. The zero-order chi connectivity index (χ0) is 10.9. The van der Waals surface area contributed by atoms with Gasteiger partial charge in [-0.1, -0.05) is 0 Å².